The maximum Gasteiger partial charge on any atom is 0.372 e. The zero-order chi connectivity index (χ0) is 14.7. The molecule has 20 heavy (non-hydrogen) atoms. The highest BCUT2D eigenvalue weighted by molar-refractivity contribution is 5.86. The minimum absolute atomic E-state index is 0.0229. The van der Waals surface area contributed by atoms with E-state index in [1.54, 1.807) is 13.0 Å². The van der Waals surface area contributed by atoms with E-state index in [-0.39, 0.29) is 5.76 Å². The molecule has 1 heterocycles. The highest BCUT2D eigenvalue weighted by atomic mass is 16.4. The fourth-order valence-corrected chi connectivity index (χ4v) is 2.15. The number of nitrogens with zero attached hydrogens (tertiary/aromatic N) is 1. The molecule has 0 aliphatic heterocycles. The molecule has 0 atom stereocenters. The number of rotatable bonds is 5. The van der Waals surface area contributed by atoms with Crippen molar-refractivity contribution in [3.05, 3.63) is 53.0 Å². The molecule has 0 unspecified atom stereocenters. The van der Waals surface area contributed by atoms with Crippen LogP contribution in [0.2, 0.25) is 0 Å². The van der Waals surface area contributed by atoms with Gasteiger partial charge in [0.15, 0.2) is 0 Å². The van der Waals surface area contributed by atoms with Crippen molar-refractivity contribution >= 4 is 11.7 Å². The van der Waals surface area contributed by atoms with Crippen molar-refractivity contribution < 1.29 is 14.3 Å². The number of hydrogen-bond acceptors (Lipinski definition) is 3. The van der Waals surface area contributed by atoms with E-state index < -0.39 is 5.97 Å². The second-order valence-corrected chi connectivity index (χ2v) is 4.91. The van der Waals surface area contributed by atoms with Gasteiger partial charge in [-0.25, -0.2) is 4.79 Å². The molecule has 4 nitrogen and oxygen atoms in total. The molecule has 0 saturated carbocycles. The lowest BCUT2D eigenvalue weighted by molar-refractivity contribution is 0.0659. The molecule has 0 bridgehead atoms. The molecular formula is C16H19NO3. The molecular weight excluding hydrogens is 254 g/mol. The Morgan fingerprint density at radius 1 is 1.30 bits per heavy atom. The number of hydrogen-bond donors (Lipinski definition) is 1. The van der Waals surface area contributed by atoms with Crippen LogP contribution in [-0.2, 0) is 13.0 Å². The molecule has 0 aliphatic rings. The summed E-state index contributed by atoms with van der Waals surface area (Å²) < 4.78 is 5.37. The zero-order valence-corrected chi connectivity index (χ0v) is 12.0. The number of carboxylic acid groups (broad SMARTS) is 1. The Morgan fingerprint density at radius 2 is 1.95 bits per heavy atom. The van der Waals surface area contributed by atoms with Gasteiger partial charge in [0.1, 0.15) is 5.76 Å². The number of benzene rings is 1. The number of carbonyl (C=O) groups is 1. The average molecular weight is 273 g/mol. The first-order chi connectivity index (χ1) is 9.51. The second kappa shape index (κ2) is 5.82. The third kappa shape index (κ3) is 3.02. The fraction of sp³-hybridized carbons (Fsp3) is 0.312. The van der Waals surface area contributed by atoms with E-state index in [0.717, 1.165) is 12.1 Å². The van der Waals surface area contributed by atoms with Crippen LogP contribution in [0.3, 0.4) is 0 Å². The summed E-state index contributed by atoms with van der Waals surface area (Å²) in [5.41, 5.74) is 3.03. The summed E-state index contributed by atoms with van der Waals surface area (Å²) >= 11 is 0. The van der Waals surface area contributed by atoms with E-state index in [0.29, 0.717) is 17.9 Å². The van der Waals surface area contributed by atoms with Crippen LogP contribution in [0.5, 0.6) is 0 Å². The second-order valence-electron chi connectivity index (χ2n) is 4.91. The van der Waals surface area contributed by atoms with Crippen LogP contribution >= 0.6 is 0 Å². The third-order valence-corrected chi connectivity index (χ3v) is 3.34. The fourth-order valence-electron chi connectivity index (χ4n) is 2.15. The lowest BCUT2D eigenvalue weighted by Crippen LogP contribution is -2.15. The lowest BCUT2D eigenvalue weighted by Gasteiger charge is -2.18. The number of aryl methyl sites for hydroxylation is 2. The zero-order valence-electron chi connectivity index (χ0n) is 12.0. The lowest BCUT2D eigenvalue weighted by atomic mass is 10.1. The SMILES string of the molecule is CCc1ccc(N(C)Cc2cc(C)c(C(=O)O)o2)cc1. The Kier molecular flexibility index (Phi) is 4.13. The predicted octanol–water partition coefficient (Wildman–Crippen LogP) is 3.49. The van der Waals surface area contributed by atoms with Crippen molar-refractivity contribution in [2.45, 2.75) is 26.8 Å². The Bertz CT molecular complexity index is 599. The summed E-state index contributed by atoms with van der Waals surface area (Å²) in [5.74, 6) is -0.347. The van der Waals surface area contributed by atoms with Gasteiger partial charge in [-0.15, -0.1) is 0 Å². The quantitative estimate of drug-likeness (QED) is 0.906. The van der Waals surface area contributed by atoms with Crippen molar-refractivity contribution in [2.24, 2.45) is 0 Å². The van der Waals surface area contributed by atoms with Gasteiger partial charge in [-0.1, -0.05) is 19.1 Å². The number of anilines is 1. The van der Waals surface area contributed by atoms with Gasteiger partial charge in [-0.2, -0.15) is 0 Å². The summed E-state index contributed by atoms with van der Waals surface area (Å²) in [6, 6.07) is 10.1. The molecule has 0 spiro atoms. The Balaban J connectivity index is 2.12. The molecule has 0 radical (unpaired) electrons. The van der Waals surface area contributed by atoms with Crippen LogP contribution < -0.4 is 4.90 Å². The topological polar surface area (TPSA) is 53.7 Å². The molecule has 2 aromatic rings. The molecule has 2 rings (SSSR count). The van der Waals surface area contributed by atoms with Gasteiger partial charge in [0, 0.05) is 18.3 Å². The van der Waals surface area contributed by atoms with Crippen molar-refractivity contribution in [2.75, 3.05) is 11.9 Å². The molecule has 0 saturated heterocycles. The average Bonchev–Trinajstić information content (AvgIpc) is 2.79. The van der Waals surface area contributed by atoms with Gasteiger partial charge in [0.2, 0.25) is 5.76 Å². The Labute approximate surface area is 118 Å². The van der Waals surface area contributed by atoms with E-state index >= 15 is 0 Å². The van der Waals surface area contributed by atoms with E-state index in [4.69, 9.17) is 9.52 Å². The minimum Gasteiger partial charge on any atom is -0.475 e. The Morgan fingerprint density at radius 3 is 2.45 bits per heavy atom. The Hall–Kier alpha value is -2.23. The van der Waals surface area contributed by atoms with Crippen molar-refractivity contribution in [1.82, 2.24) is 0 Å². The number of carboxylic acids is 1. The summed E-state index contributed by atoms with van der Waals surface area (Å²) in [5, 5.41) is 8.98. The third-order valence-electron chi connectivity index (χ3n) is 3.34. The highest BCUT2D eigenvalue weighted by Crippen LogP contribution is 2.20. The largest absolute Gasteiger partial charge is 0.475 e. The van der Waals surface area contributed by atoms with Crippen LogP contribution in [0.25, 0.3) is 0 Å². The van der Waals surface area contributed by atoms with Gasteiger partial charge in [0.25, 0.3) is 0 Å². The van der Waals surface area contributed by atoms with Crippen molar-refractivity contribution in [3.8, 4) is 0 Å². The van der Waals surface area contributed by atoms with Crippen LogP contribution in [0.15, 0.2) is 34.7 Å². The van der Waals surface area contributed by atoms with Crippen LogP contribution in [0.1, 0.15) is 34.4 Å². The minimum atomic E-state index is -1.02. The summed E-state index contributed by atoms with van der Waals surface area (Å²) in [7, 11) is 1.96. The molecule has 0 aliphatic carbocycles. The van der Waals surface area contributed by atoms with Crippen LogP contribution in [0.4, 0.5) is 5.69 Å². The van der Waals surface area contributed by atoms with Crippen LogP contribution in [-0.4, -0.2) is 18.1 Å². The standard InChI is InChI=1S/C16H19NO3/c1-4-12-5-7-13(8-6-12)17(3)10-14-9-11(2)15(20-14)16(18)19/h5-9H,4,10H2,1-3H3,(H,18,19). The van der Waals surface area contributed by atoms with E-state index in [1.165, 1.54) is 5.56 Å². The van der Waals surface area contributed by atoms with Crippen LogP contribution in [0, 0.1) is 6.92 Å². The maximum atomic E-state index is 11.0. The highest BCUT2D eigenvalue weighted by Gasteiger charge is 2.15. The number of furan rings is 1. The predicted molar refractivity (Wildman–Crippen MR) is 78.3 cm³/mol. The van der Waals surface area contributed by atoms with Gasteiger partial charge >= 0.3 is 5.97 Å². The first kappa shape index (κ1) is 14.2. The van der Waals surface area contributed by atoms with E-state index in [1.807, 2.05) is 11.9 Å². The van der Waals surface area contributed by atoms with E-state index in [9.17, 15) is 4.79 Å². The summed E-state index contributed by atoms with van der Waals surface area (Å²) in [4.78, 5) is 13.0. The smallest absolute Gasteiger partial charge is 0.372 e. The molecule has 106 valence electrons. The molecule has 4 heteroatoms. The van der Waals surface area contributed by atoms with Gasteiger partial charge in [-0.3, -0.25) is 0 Å². The van der Waals surface area contributed by atoms with Crippen molar-refractivity contribution in [1.29, 1.82) is 0 Å². The first-order valence-corrected chi connectivity index (χ1v) is 6.64. The van der Waals surface area contributed by atoms with Gasteiger partial charge < -0.3 is 14.4 Å². The molecule has 0 fully saturated rings. The monoisotopic (exact) mass is 273 g/mol. The van der Waals surface area contributed by atoms with Gasteiger partial charge in [0.05, 0.1) is 6.54 Å². The normalized spacial score (nSPS) is 10.6. The number of aromatic carboxylic acids is 1. The van der Waals surface area contributed by atoms with Crippen molar-refractivity contribution in [3.63, 3.8) is 0 Å². The summed E-state index contributed by atoms with van der Waals surface area (Å²) in [6.45, 7) is 4.41. The first-order valence-electron chi connectivity index (χ1n) is 6.64. The summed E-state index contributed by atoms with van der Waals surface area (Å²) in [6.07, 6.45) is 1.02. The molecule has 0 amide bonds. The van der Waals surface area contributed by atoms with E-state index in [2.05, 4.69) is 31.2 Å². The molecule has 1 aromatic heterocycles. The maximum absolute atomic E-state index is 11.0. The molecule has 1 aromatic carbocycles. The molecule has 1 N–H and O–H groups in total. The van der Waals surface area contributed by atoms with Gasteiger partial charge in [-0.05, 0) is 37.1 Å².